The van der Waals surface area contributed by atoms with Gasteiger partial charge in [0.25, 0.3) is 0 Å². The van der Waals surface area contributed by atoms with Gasteiger partial charge in [-0.3, -0.25) is 0 Å². The average molecular weight is 283 g/mol. The maximum Gasteiger partial charge on any atom is 0.164 e. The summed E-state index contributed by atoms with van der Waals surface area (Å²) in [5, 5.41) is 12.6. The van der Waals surface area contributed by atoms with Gasteiger partial charge in [-0.25, -0.2) is 0 Å². The summed E-state index contributed by atoms with van der Waals surface area (Å²) >= 11 is 0. The predicted octanol–water partition coefficient (Wildman–Crippen LogP) is 1.82. The summed E-state index contributed by atoms with van der Waals surface area (Å²) in [6.45, 7) is 5.49. The molecular weight excluding hydrogens is 258 g/mol. The number of aliphatic hydroxyl groups excluding tert-OH is 1. The molecule has 0 spiro atoms. The lowest BCUT2D eigenvalue weighted by Gasteiger charge is -2.22. The molecule has 0 aliphatic rings. The van der Waals surface area contributed by atoms with Crippen molar-refractivity contribution >= 4 is 0 Å². The first kappa shape index (κ1) is 16.6. The normalized spacial score (nSPS) is 11.3. The van der Waals surface area contributed by atoms with Crippen molar-refractivity contribution in [1.29, 1.82) is 0 Å². The van der Waals surface area contributed by atoms with Crippen LogP contribution in [0.2, 0.25) is 0 Å². The zero-order valence-corrected chi connectivity index (χ0v) is 12.9. The van der Waals surface area contributed by atoms with Crippen LogP contribution in [0.1, 0.15) is 19.4 Å². The molecule has 1 rings (SSSR count). The highest BCUT2D eigenvalue weighted by Gasteiger charge is 2.17. The number of aliphatic hydroxyl groups is 1. The fourth-order valence-corrected chi connectivity index (χ4v) is 1.82. The molecule has 1 aromatic rings. The molecular formula is C15H25NO4. The van der Waals surface area contributed by atoms with Crippen LogP contribution < -0.4 is 19.5 Å². The van der Waals surface area contributed by atoms with Gasteiger partial charge in [-0.2, -0.15) is 0 Å². The second kappa shape index (κ2) is 7.36. The van der Waals surface area contributed by atoms with E-state index in [0.29, 0.717) is 24.6 Å². The van der Waals surface area contributed by atoms with E-state index in [0.717, 1.165) is 11.3 Å². The Balaban J connectivity index is 2.83. The second-order valence-electron chi connectivity index (χ2n) is 5.44. The van der Waals surface area contributed by atoms with Crippen LogP contribution in [-0.4, -0.2) is 39.6 Å². The fourth-order valence-electron chi connectivity index (χ4n) is 1.82. The Morgan fingerprint density at radius 1 is 1.00 bits per heavy atom. The SMILES string of the molecule is COc1cc(OC)c(OC)cc1CNCC(C)(C)CO. The van der Waals surface area contributed by atoms with Gasteiger partial charge in [0.2, 0.25) is 0 Å². The van der Waals surface area contributed by atoms with Gasteiger partial charge in [0, 0.05) is 36.7 Å². The third kappa shape index (κ3) is 4.28. The van der Waals surface area contributed by atoms with Crippen LogP contribution in [0.5, 0.6) is 17.2 Å². The Hall–Kier alpha value is -1.46. The predicted molar refractivity (Wildman–Crippen MR) is 78.7 cm³/mol. The number of rotatable bonds is 8. The van der Waals surface area contributed by atoms with E-state index in [9.17, 15) is 5.11 Å². The van der Waals surface area contributed by atoms with Crippen molar-refractivity contribution in [3.05, 3.63) is 17.7 Å². The van der Waals surface area contributed by atoms with Gasteiger partial charge in [0.05, 0.1) is 21.3 Å². The minimum absolute atomic E-state index is 0.142. The lowest BCUT2D eigenvalue weighted by Crippen LogP contribution is -2.32. The number of benzene rings is 1. The highest BCUT2D eigenvalue weighted by atomic mass is 16.5. The van der Waals surface area contributed by atoms with Gasteiger partial charge in [-0.1, -0.05) is 13.8 Å². The Bertz CT molecular complexity index is 432. The van der Waals surface area contributed by atoms with Gasteiger partial charge in [-0.05, 0) is 6.07 Å². The Kier molecular flexibility index (Phi) is 6.10. The van der Waals surface area contributed by atoms with E-state index in [2.05, 4.69) is 5.32 Å². The quantitative estimate of drug-likeness (QED) is 0.762. The van der Waals surface area contributed by atoms with Crippen LogP contribution in [0.15, 0.2) is 12.1 Å². The van der Waals surface area contributed by atoms with E-state index in [-0.39, 0.29) is 12.0 Å². The van der Waals surface area contributed by atoms with Crippen LogP contribution in [0.4, 0.5) is 0 Å². The standard InChI is InChI=1S/C15H25NO4/c1-15(2,10-17)9-16-8-11-6-13(19-4)14(20-5)7-12(11)18-3/h6-7,16-17H,8-10H2,1-5H3. The molecule has 0 aromatic heterocycles. The van der Waals surface area contributed by atoms with E-state index >= 15 is 0 Å². The van der Waals surface area contributed by atoms with Gasteiger partial charge in [-0.15, -0.1) is 0 Å². The van der Waals surface area contributed by atoms with E-state index in [1.807, 2.05) is 26.0 Å². The van der Waals surface area contributed by atoms with Crippen molar-refractivity contribution in [2.24, 2.45) is 5.41 Å². The number of methoxy groups -OCH3 is 3. The molecule has 114 valence electrons. The van der Waals surface area contributed by atoms with Crippen LogP contribution in [0, 0.1) is 5.41 Å². The molecule has 0 radical (unpaired) electrons. The Morgan fingerprint density at radius 3 is 2.05 bits per heavy atom. The fraction of sp³-hybridized carbons (Fsp3) is 0.600. The first-order valence-electron chi connectivity index (χ1n) is 6.58. The minimum Gasteiger partial charge on any atom is -0.496 e. The Labute approximate surface area is 120 Å². The largest absolute Gasteiger partial charge is 0.496 e. The van der Waals surface area contributed by atoms with Crippen molar-refractivity contribution in [1.82, 2.24) is 5.32 Å². The molecule has 0 bridgehead atoms. The molecule has 0 aliphatic heterocycles. The monoisotopic (exact) mass is 283 g/mol. The minimum atomic E-state index is -0.149. The third-order valence-corrected chi connectivity index (χ3v) is 3.13. The van der Waals surface area contributed by atoms with E-state index in [1.54, 1.807) is 21.3 Å². The highest BCUT2D eigenvalue weighted by molar-refractivity contribution is 5.50. The number of hydrogen-bond acceptors (Lipinski definition) is 5. The topological polar surface area (TPSA) is 60.0 Å². The van der Waals surface area contributed by atoms with Crippen LogP contribution in [-0.2, 0) is 6.54 Å². The van der Waals surface area contributed by atoms with E-state index in [1.165, 1.54) is 0 Å². The molecule has 5 nitrogen and oxygen atoms in total. The molecule has 0 saturated carbocycles. The van der Waals surface area contributed by atoms with Crippen molar-refractivity contribution in [2.75, 3.05) is 34.5 Å². The first-order chi connectivity index (χ1) is 9.47. The maximum atomic E-state index is 9.24. The smallest absolute Gasteiger partial charge is 0.164 e. The molecule has 0 atom stereocenters. The lowest BCUT2D eigenvalue weighted by atomic mass is 9.95. The van der Waals surface area contributed by atoms with E-state index < -0.39 is 0 Å². The summed E-state index contributed by atoms with van der Waals surface area (Å²) in [6, 6.07) is 3.71. The average Bonchev–Trinajstić information content (AvgIpc) is 2.46. The zero-order valence-electron chi connectivity index (χ0n) is 12.9. The molecule has 0 unspecified atom stereocenters. The molecule has 0 aliphatic carbocycles. The number of hydrogen-bond donors (Lipinski definition) is 2. The van der Waals surface area contributed by atoms with Crippen LogP contribution in [0.25, 0.3) is 0 Å². The summed E-state index contributed by atoms with van der Waals surface area (Å²) in [7, 11) is 4.83. The third-order valence-electron chi connectivity index (χ3n) is 3.13. The second-order valence-corrected chi connectivity index (χ2v) is 5.44. The van der Waals surface area contributed by atoms with Gasteiger partial charge >= 0.3 is 0 Å². The maximum absolute atomic E-state index is 9.24. The molecule has 2 N–H and O–H groups in total. The van der Waals surface area contributed by atoms with Crippen LogP contribution in [0.3, 0.4) is 0 Å². The lowest BCUT2D eigenvalue weighted by molar-refractivity contribution is 0.156. The van der Waals surface area contributed by atoms with Crippen LogP contribution >= 0.6 is 0 Å². The summed E-state index contributed by atoms with van der Waals surface area (Å²) in [6.07, 6.45) is 0. The zero-order chi connectivity index (χ0) is 15.2. The first-order valence-corrected chi connectivity index (χ1v) is 6.58. The highest BCUT2D eigenvalue weighted by Crippen LogP contribution is 2.34. The molecule has 0 fully saturated rings. The van der Waals surface area contributed by atoms with Crippen molar-refractivity contribution in [3.8, 4) is 17.2 Å². The Morgan fingerprint density at radius 2 is 1.55 bits per heavy atom. The summed E-state index contributed by atoms with van der Waals surface area (Å²) in [4.78, 5) is 0. The summed E-state index contributed by atoms with van der Waals surface area (Å²) in [5.74, 6) is 2.06. The molecule has 0 saturated heterocycles. The van der Waals surface area contributed by atoms with Crippen molar-refractivity contribution in [2.45, 2.75) is 20.4 Å². The van der Waals surface area contributed by atoms with Gasteiger partial charge < -0.3 is 24.6 Å². The van der Waals surface area contributed by atoms with E-state index in [4.69, 9.17) is 14.2 Å². The molecule has 20 heavy (non-hydrogen) atoms. The van der Waals surface area contributed by atoms with Gasteiger partial charge in [0.15, 0.2) is 11.5 Å². The molecule has 0 heterocycles. The number of ether oxygens (including phenoxy) is 3. The molecule has 0 amide bonds. The van der Waals surface area contributed by atoms with Crippen molar-refractivity contribution in [3.63, 3.8) is 0 Å². The van der Waals surface area contributed by atoms with Crippen molar-refractivity contribution < 1.29 is 19.3 Å². The van der Waals surface area contributed by atoms with Gasteiger partial charge in [0.1, 0.15) is 5.75 Å². The molecule has 5 heteroatoms. The summed E-state index contributed by atoms with van der Waals surface area (Å²) in [5.41, 5.74) is 0.836. The number of nitrogens with one attached hydrogen (secondary N) is 1. The summed E-state index contributed by atoms with van der Waals surface area (Å²) < 4.78 is 15.9. The molecule has 1 aromatic carbocycles.